The van der Waals surface area contributed by atoms with Crippen LogP contribution in [-0.2, 0) is 4.79 Å². The molecule has 0 fully saturated rings. The fourth-order valence-corrected chi connectivity index (χ4v) is 3.87. The summed E-state index contributed by atoms with van der Waals surface area (Å²) in [6.45, 7) is 2.45. The summed E-state index contributed by atoms with van der Waals surface area (Å²) >= 11 is 1.25. The van der Waals surface area contributed by atoms with Crippen LogP contribution in [0.3, 0.4) is 0 Å². The van der Waals surface area contributed by atoms with E-state index in [9.17, 15) is 9.18 Å². The van der Waals surface area contributed by atoms with Crippen molar-refractivity contribution in [1.29, 1.82) is 0 Å². The molecule has 0 saturated carbocycles. The monoisotopic (exact) mass is 433 g/mol. The van der Waals surface area contributed by atoms with E-state index in [1.165, 1.54) is 23.9 Å². The minimum atomic E-state index is -0.373. The Morgan fingerprint density at radius 3 is 2.68 bits per heavy atom. The topological polar surface area (TPSA) is 64.1 Å². The van der Waals surface area contributed by atoms with Gasteiger partial charge in [0.05, 0.1) is 17.9 Å². The Bertz CT molecular complexity index is 1220. The molecule has 0 saturated heterocycles. The molecule has 0 unspecified atom stereocenters. The Balaban J connectivity index is 1.56. The quantitative estimate of drug-likeness (QED) is 0.305. The van der Waals surface area contributed by atoms with E-state index in [4.69, 9.17) is 4.74 Å². The van der Waals surface area contributed by atoms with Crippen molar-refractivity contribution in [3.05, 3.63) is 78.6 Å². The molecule has 1 heterocycles. The van der Waals surface area contributed by atoms with Crippen LogP contribution in [0.1, 0.15) is 6.92 Å². The molecule has 156 valence electrons. The molecule has 4 rings (SSSR count). The van der Waals surface area contributed by atoms with Crippen LogP contribution in [0.4, 0.5) is 10.1 Å². The van der Waals surface area contributed by atoms with Crippen LogP contribution < -0.4 is 10.1 Å². The molecule has 4 aromatic rings. The van der Waals surface area contributed by atoms with Crippen molar-refractivity contribution < 1.29 is 13.9 Å². The molecule has 7 heteroatoms. The number of carbonyl (C=O) groups is 1. The summed E-state index contributed by atoms with van der Waals surface area (Å²) < 4.78 is 19.3. The van der Waals surface area contributed by atoms with E-state index < -0.39 is 0 Å². The molecule has 0 aliphatic carbocycles. The summed E-state index contributed by atoms with van der Waals surface area (Å²) in [4.78, 5) is 21.7. The smallest absolute Gasteiger partial charge is 0.234 e. The van der Waals surface area contributed by atoms with Crippen molar-refractivity contribution in [2.45, 2.75) is 11.9 Å². The maximum Gasteiger partial charge on any atom is 0.234 e. The lowest BCUT2D eigenvalue weighted by molar-refractivity contribution is -0.113. The number of amides is 1. The minimum Gasteiger partial charge on any atom is -0.494 e. The van der Waals surface area contributed by atoms with Gasteiger partial charge in [-0.25, -0.2) is 14.4 Å². The van der Waals surface area contributed by atoms with Crippen molar-refractivity contribution in [1.82, 2.24) is 9.97 Å². The van der Waals surface area contributed by atoms with E-state index in [-0.39, 0.29) is 17.5 Å². The highest BCUT2D eigenvalue weighted by atomic mass is 32.2. The van der Waals surface area contributed by atoms with Gasteiger partial charge in [0.1, 0.15) is 16.6 Å². The molecular weight excluding hydrogens is 413 g/mol. The largest absolute Gasteiger partial charge is 0.494 e. The van der Waals surface area contributed by atoms with Gasteiger partial charge in [-0.1, -0.05) is 48.2 Å². The highest BCUT2D eigenvalue weighted by molar-refractivity contribution is 8.00. The molecule has 31 heavy (non-hydrogen) atoms. The SMILES string of the molecule is CCOc1cccc(NC(=O)CSc2nc(-c3ccccc3)nc3ccc(F)cc23)c1. The number of anilines is 1. The third-order valence-corrected chi connectivity index (χ3v) is 5.41. The predicted octanol–water partition coefficient (Wildman–Crippen LogP) is 5.57. The first kappa shape index (κ1) is 20.8. The lowest BCUT2D eigenvalue weighted by Crippen LogP contribution is -2.14. The molecule has 0 radical (unpaired) electrons. The summed E-state index contributed by atoms with van der Waals surface area (Å²) in [6.07, 6.45) is 0. The second-order valence-corrected chi connectivity index (χ2v) is 7.64. The lowest BCUT2D eigenvalue weighted by atomic mass is 10.2. The fourth-order valence-electron chi connectivity index (χ4n) is 3.06. The predicted molar refractivity (Wildman–Crippen MR) is 122 cm³/mol. The average molecular weight is 434 g/mol. The van der Waals surface area contributed by atoms with Crippen LogP contribution in [0.5, 0.6) is 5.75 Å². The molecule has 0 spiro atoms. The van der Waals surface area contributed by atoms with Gasteiger partial charge in [-0.2, -0.15) is 0 Å². The van der Waals surface area contributed by atoms with E-state index in [2.05, 4.69) is 15.3 Å². The number of rotatable bonds is 7. The molecule has 5 nitrogen and oxygen atoms in total. The maximum atomic E-state index is 13.9. The van der Waals surface area contributed by atoms with Crippen LogP contribution in [0.25, 0.3) is 22.3 Å². The lowest BCUT2D eigenvalue weighted by Gasteiger charge is -2.10. The van der Waals surface area contributed by atoms with Crippen LogP contribution in [-0.4, -0.2) is 28.2 Å². The molecule has 0 aliphatic heterocycles. The van der Waals surface area contributed by atoms with Crippen molar-refractivity contribution in [3.63, 3.8) is 0 Å². The standard InChI is InChI=1S/C24H20FN3O2S/c1-2-30-19-10-6-9-18(14-19)26-22(29)15-31-24-20-13-17(25)11-12-21(20)27-23(28-24)16-7-4-3-5-8-16/h3-14H,2,15H2,1H3,(H,26,29). The maximum absolute atomic E-state index is 13.9. The number of hydrogen-bond acceptors (Lipinski definition) is 5. The Kier molecular flexibility index (Phi) is 6.43. The number of halogens is 1. The number of fused-ring (bicyclic) bond motifs is 1. The fraction of sp³-hybridized carbons (Fsp3) is 0.125. The van der Waals surface area contributed by atoms with E-state index in [1.54, 1.807) is 18.2 Å². The average Bonchev–Trinajstić information content (AvgIpc) is 2.78. The van der Waals surface area contributed by atoms with Crippen LogP contribution >= 0.6 is 11.8 Å². The Morgan fingerprint density at radius 2 is 1.87 bits per heavy atom. The normalized spacial score (nSPS) is 10.8. The van der Waals surface area contributed by atoms with Gasteiger partial charge in [-0.05, 0) is 37.3 Å². The molecule has 0 aliphatic rings. The minimum absolute atomic E-state index is 0.121. The first-order chi connectivity index (χ1) is 15.1. The second kappa shape index (κ2) is 9.57. The molecular formula is C24H20FN3O2S. The van der Waals surface area contributed by atoms with E-state index in [0.717, 1.165) is 5.56 Å². The zero-order valence-corrected chi connectivity index (χ0v) is 17.7. The third kappa shape index (κ3) is 5.19. The second-order valence-electron chi connectivity index (χ2n) is 6.68. The van der Waals surface area contributed by atoms with Crippen LogP contribution in [0.2, 0.25) is 0 Å². The van der Waals surface area contributed by atoms with Gasteiger partial charge in [-0.15, -0.1) is 0 Å². The molecule has 1 aromatic heterocycles. The van der Waals surface area contributed by atoms with Gasteiger partial charge in [0.15, 0.2) is 5.82 Å². The van der Waals surface area contributed by atoms with Crippen LogP contribution in [0, 0.1) is 5.82 Å². The molecule has 1 amide bonds. The summed E-state index contributed by atoms with van der Waals surface area (Å²) in [6, 6.07) is 21.2. The molecule has 0 bridgehead atoms. The van der Waals surface area contributed by atoms with Crippen molar-refractivity contribution in [2.24, 2.45) is 0 Å². The number of nitrogens with zero attached hydrogens (tertiary/aromatic N) is 2. The Morgan fingerprint density at radius 1 is 1.03 bits per heavy atom. The zero-order chi connectivity index (χ0) is 21.6. The number of ether oxygens (including phenoxy) is 1. The number of nitrogens with one attached hydrogen (secondary N) is 1. The van der Waals surface area contributed by atoms with E-state index in [0.29, 0.717) is 39.8 Å². The van der Waals surface area contributed by atoms with Gasteiger partial charge in [0.25, 0.3) is 0 Å². The van der Waals surface area contributed by atoms with Gasteiger partial charge >= 0.3 is 0 Å². The Hall–Kier alpha value is -3.45. The number of hydrogen-bond donors (Lipinski definition) is 1. The van der Waals surface area contributed by atoms with Crippen LogP contribution in [0.15, 0.2) is 77.8 Å². The number of aromatic nitrogens is 2. The molecule has 1 N–H and O–H groups in total. The van der Waals surface area contributed by atoms with Crippen molar-refractivity contribution >= 4 is 34.3 Å². The summed E-state index contributed by atoms with van der Waals surface area (Å²) in [7, 11) is 0. The van der Waals surface area contributed by atoms with Gasteiger partial charge in [-0.3, -0.25) is 4.79 Å². The number of thioether (sulfide) groups is 1. The Labute approximate surface area is 183 Å². The third-order valence-electron chi connectivity index (χ3n) is 4.42. The molecule has 3 aromatic carbocycles. The highest BCUT2D eigenvalue weighted by Gasteiger charge is 2.13. The zero-order valence-electron chi connectivity index (χ0n) is 16.8. The summed E-state index contributed by atoms with van der Waals surface area (Å²) in [5.74, 6) is 0.783. The number of benzene rings is 3. The van der Waals surface area contributed by atoms with E-state index in [1.807, 2.05) is 49.4 Å². The number of carbonyl (C=O) groups excluding carboxylic acids is 1. The van der Waals surface area contributed by atoms with Gasteiger partial charge in [0, 0.05) is 22.7 Å². The van der Waals surface area contributed by atoms with Gasteiger partial charge in [0.2, 0.25) is 5.91 Å². The first-order valence-electron chi connectivity index (χ1n) is 9.80. The van der Waals surface area contributed by atoms with Crippen molar-refractivity contribution in [3.8, 4) is 17.1 Å². The molecule has 0 atom stereocenters. The van der Waals surface area contributed by atoms with Gasteiger partial charge < -0.3 is 10.1 Å². The van der Waals surface area contributed by atoms with Crippen molar-refractivity contribution in [2.75, 3.05) is 17.7 Å². The summed E-state index contributed by atoms with van der Waals surface area (Å²) in [5, 5.41) is 4.00. The highest BCUT2D eigenvalue weighted by Crippen LogP contribution is 2.29. The first-order valence-corrected chi connectivity index (χ1v) is 10.8. The summed E-state index contributed by atoms with van der Waals surface area (Å²) in [5.41, 5.74) is 2.13. The van der Waals surface area contributed by atoms with E-state index >= 15 is 0 Å².